The molecule has 3 aromatic rings. The van der Waals surface area contributed by atoms with Gasteiger partial charge in [-0.3, -0.25) is 9.69 Å². The lowest BCUT2D eigenvalue weighted by Crippen LogP contribution is -2.34. The number of aromatic amines is 1. The largest absolute Gasteiger partial charge is 0.306 e. The summed E-state index contributed by atoms with van der Waals surface area (Å²) in [4.78, 5) is 26.2. The zero-order valence-corrected chi connectivity index (χ0v) is 15.4. The van der Waals surface area contributed by atoms with E-state index in [4.69, 9.17) is 4.98 Å². The van der Waals surface area contributed by atoms with E-state index in [1.54, 1.807) is 11.3 Å². The minimum absolute atomic E-state index is 0.0193. The van der Waals surface area contributed by atoms with Gasteiger partial charge in [-0.2, -0.15) is 0 Å². The summed E-state index contributed by atoms with van der Waals surface area (Å²) in [5.74, 6) is 0.693. The van der Waals surface area contributed by atoms with Crippen LogP contribution in [0, 0.1) is 13.8 Å². The lowest BCUT2D eigenvalue weighted by molar-refractivity contribution is 0.242. The van der Waals surface area contributed by atoms with Gasteiger partial charge in [0.1, 0.15) is 0 Å². The predicted molar refractivity (Wildman–Crippen MR) is 99.8 cm³/mol. The van der Waals surface area contributed by atoms with E-state index in [2.05, 4.69) is 29.8 Å². The smallest absolute Gasteiger partial charge is 0.254 e. The van der Waals surface area contributed by atoms with Crippen LogP contribution in [-0.2, 0) is 19.5 Å². The van der Waals surface area contributed by atoms with E-state index in [1.807, 2.05) is 28.8 Å². The Bertz CT molecular complexity index is 905. The fourth-order valence-electron chi connectivity index (χ4n) is 3.11. The van der Waals surface area contributed by atoms with Crippen LogP contribution >= 0.6 is 22.7 Å². The molecule has 0 spiro atoms. The van der Waals surface area contributed by atoms with E-state index in [-0.39, 0.29) is 5.56 Å². The van der Waals surface area contributed by atoms with E-state index in [9.17, 15) is 4.79 Å². The van der Waals surface area contributed by atoms with E-state index < -0.39 is 0 Å². The van der Waals surface area contributed by atoms with Gasteiger partial charge in [0.2, 0.25) is 0 Å². The highest BCUT2D eigenvalue weighted by molar-refractivity contribution is 7.13. The van der Waals surface area contributed by atoms with Crippen LogP contribution in [0.4, 0.5) is 0 Å². The maximum atomic E-state index is 12.4. The molecule has 1 aliphatic heterocycles. The van der Waals surface area contributed by atoms with Gasteiger partial charge in [0.25, 0.3) is 5.56 Å². The molecule has 24 heavy (non-hydrogen) atoms. The zero-order valence-electron chi connectivity index (χ0n) is 13.8. The molecule has 4 nitrogen and oxygen atoms in total. The number of aryl methyl sites for hydroxylation is 2. The normalized spacial score (nSPS) is 14.8. The van der Waals surface area contributed by atoms with Gasteiger partial charge in [-0.15, -0.1) is 22.7 Å². The number of nitrogens with zero attached hydrogens (tertiary/aromatic N) is 2. The minimum Gasteiger partial charge on any atom is -0.306 e. The number of aromatic nitrogens is 2. The summed E-state index contributed by atoms with van der Waals surface area (Å²) in [6.07, 6.45) is 0.770. The van der Waals surface area contributed by atoms with Gasteiger partial charge in [0, 0.05) is 35.0 Å². The number of fused-ring (bicyclic) bond motifs is 1. The van der Waals surface area contributed by atoms with E-state index in [0.717, 1.165) is 42.2 Å². The van der Waals surface area contributed by atoms with Crippen molar-refractivity contribution < 1.29 is 0 Å². The van der Waals surface area contributed by atoms with E-state index in [0.29, 0.717) is 5.82 Å². The van der Waals surface area contributed by atoms with Gasteiger partial charge in [0.15, 0.2) is 5.82 Å². The highest BCUT2D eigenvalue weighted by Gasteiger charge is 2.22. The van der Waals surface area contributed by atoms with Gasteiger partial charge >= 0.3 is 0 Å². The first kappa shape index (κ1) is 15.7. The second-order valence-electron chi connectivity index (χ2n) is 6.23. The Kier molecular flexibility index (Phi) is 4.12. The third kappa shape index (κ3) is 2.97. The van der Waals surface area contributed by atoms with Crippen molar-refractivity contribution in [1.29, 1.82) is 0 Å². The van der Waals surface area contributed by atoms with E-state index >= 15 is 0 Å². The molecule has 0 aromatic carbocycles. The number of thiophene rings is 2. The average molecular weight is 358 g/mol. The van der Waals surface area contributed by atoms with Crippen molar-refractivity contribution in [2.24, 2.45) is 0 Å². The molecule has 1 aliphatic rings. The van der Waals surface area contributed by atoms with E-state index in [1.165, 1.54) is 15.3 Å². The van der Waals surface area contributed by atoms with Crippen LogP contribution in [0.1, 0.15) is 26.6 Å². The Morgan fingerprint density at radius 2 is 2.25 bits per heavy atom. The van der Waals surface area contributed by atoms with Crippen molar-refractivity contribution in [2.45, 2.75) is 33.4 Å². The number of rotatable bonds is 3. The van der Waals surface area contributed by atoms with Gasteiger partial charge < -0.3 is 4.98 Å². The minimum atomic E-state index is 0.0193. The Morgan fingerprint density at radius 1 is 1.38 bits per heavy atom. The number of H-pyrrole nitrogens is 1. The molecule has 0 saturated heterocycles. The van der Waals surface area contributed by atoms with Crippen molar-refractivity contribution in [2.75, 3.05) is 6.54 Å². The van der Waals surface area contributed by atoms with Crippen LogP contribution in [-0.4, -0.2) is 21.4 Å². The summed E-state index contributed by atoms with van der Waals surface area (Å²) >= 11 is 3.46. The SMILES string of the molecule is Cc1cc(CN2CCc3c(nc(-c4cccs4)[nH]c3=O)C2)sc1C. The molecule has 1 N–H and O–H groups in total. The van der Waals surface area contributed by atoms with Crippen molar-refractivity contribution in [3.05, 3.63) is 60.5 Å². The Balaban J connectivity index is 1.60. The zero-order chi connectivity index (χ0) is 16.7. The molecule has 0 aliphatic carbocycles. The van der Waals surface area contributed by atoms with Crippen molar-refractivity contribution >= 4 is 22.7 Å². The molecular weight excluding hydrogens is 338 g/mol. The van der Waals surface area contributed by atoms with Crippen molar-refractivity contribution in [3.8, 4) is 10.7 Å². The van der Waals surface area contributed by atoms with Crippen LogP contribution in [0.5, 0.6) is 0 Å². The molecule has 0 atom stereocenters. The molecule has 3 aromatic heterocycles. The van der Waals surface area contributed by atoms with Crippen LogP contribution in [0.2, 0.25) is 0 Å². The first-order valence-corrected chi connectivity index (χ1v) is 9.74. The molecule has 0 fully saturated rings. The maximum absolute atomic E-state index is 12.4. The van der Waals surface area contributed by atoms with Crippen LogP contribution < -0.4 is 5.56 Å². The summed E-state index contributed by atoms with van der Waals surface area (Å²) in [6.45, 7) is 6.92. The summed E-state index contributed by atoms with van der Waals surface area (Å²) in [7, 11) is 0. The quantitative estimate of drug-likeness (QED) is 0.777. The van der Waals surface area contributed by atoms with Gasteiger partial charge in [-0.05, 0) is 43.3 Å². The lowest BCUT2D eigenvalue weighted by Gasteiger charge is -2.27. The Morgan fingerprint density at radius 3 is 2.96 bits per heavy atom. The standard InChI is InChI=1S/C18H19N3OS2/c1-11-8-13(24-12(11)2)9-21-6-5-14-15(10-21)19-17(20-18(14)22)16-4-3-7-23-16/h3-4,7-8H,5-6,9-10H2,1-2H3,(H,19,20,22). The fourth-order valence-corrected chi connectivity index (χ4v) is 4.87. The second-order valence-corrected chi connectivity index (χ2v) is 8.52. The van der Waals surface area contributed by atoms with Crippen molar-refractivity contribution in [3.63, 3.8) is 0 Å². The molecule has 0 amide bonds. The second kappa shape index (κ2) is 6.27. The highest BCUT2D eigenvalue weighted by Crippen LogP contribution is 2.25. The van der Waals surface area contributed by atoms with Gasteiger partial charge in [-0.25, -0.2) is 4.98 Å². The third-order valence-corrected chi connectivity index (χ3v) is 6.52. The van der Waals surface area contributed by atoms with Crippen LogP contribution in [0.3, 0.4) is 0 Å². The lowest BCUT2D eigenvalue weighted by atomic mass is 10.1. The molecule has 4 rings (SSSR count). The number of hydrogen-bond donors (Lipinski definition) is 1. The summed E-state index contributed by atoms with van der Waals surface area (Å²) in [6, 6.07) is 6.25. The van der Waals surface area contributed by atoms with Gasteiger partial charge in [-0.1, -0.05) is 6.07 Å². The topological polar surface area (TPSA) is 49.0 Å². The van der Waals surface area contributed by atoms with Crippen LogP contribution in [0.25, 0.3) is 10.7 Å². The van der Waals surface area contributed by atoms with Gasteiger partial charge in [0.05, 0.1) is 10.6 Å². The summed E-state index contributed by atoms with van der Waals surface area (Å²) in [5, 5.41) is 2.00. The first-order valence-electron chi connectivity index (χ1n) is 8.04. The number of nitrogens with one attached hydrogen (secondary N) is 1. The van der Waals surface area contributed by atoms with Crippen LogP contribution in [0.15, 0.2) is 28.4 Å². The maximum Gasteiger partial charge on any atom is 0.254 e. The highest BCUT2D eigenvalue weighted by atomic mass is 32.1. The number of hydrogen-bond acceptors (Lipinski definition) is 5. The summed E-state index contributed by atoms with van der Waals surface area (Å²) in [5.41, 5.74) is 3.16. The fraction of sp³-hybridized carbons (Fsp3) is 0.333. The third-order valence-electron chi connectivity index (χ3n) is 4.50. The molecule has 6 heteroatoms. The first-order chi connectivity index (χ1) is 11.6. The predicted octanol–water partition coefficient (Wildman–Crippen LogP) is 3.74. The average Bonchev–Trinajstić information content (AvgIpc) is 3.18. The molecule has 0 unspecified atom stereocenters. The molecule has 0 saturated carbocycles. The van der Waals surface area contributed by atoms with Crippen molar-refractivity contribution in [1.82, 2.24) is 14.9 Å². The Hall–Kier alpha value is -1.76. The monoisotopic (exact) mass is 357 g/mol. The Labute approximate surface area is 148 Å². The molecular formula is C18H19N3OS2. The molecule has 124 valence electrons. The summed E-state index contributed by atoms with van der Waals surface area (Å²) < 4.78 is 0. The molecule has 0 radical (unpaired) electrons. The molecule has 0 bridgehead atoms. The molecule has 4 heterocycles.